The maximum absolute atomic E-state index is 12.6. The van der Waals surface area contributed by atoms with Crippen molar-refractivity contribution in [1.29, 1.82) is 0 Å². The van der Waals surface area contributed by atoms with Crippen LogP contribution < -0.4 is 10.2 Å². The number of hydrogen-bond acceptors (Lipinski definition) is 2. The van der Waals surface area contributed by atoms with Gasteiger partial charge in [-0.25, -0.2) is 4.79 Å². The first-order chi connectivity index (χ1) is 10.5. The Balaban J connectivity index is 2.10. The Kier molecular flexibility index (Phi) is 5.41. The number of anilines is 1. The van der Waals surface area contributed by atoms with Gasteiger partial charge in [0.05, 0.1) is 5.69 Å². The lowest BCUT2D eigenvalue weighted by Crippen LogP contribution is -2.50. The van der Waals surface area contributed by atoms with Crippen LogP contribution >= 0.6 is 0 Å². The fourth-order valence-electron chi connectivity index (χ4n) is 3.00. The number of rotatable bonds is 1. The third-order valence-corrected chi connectivity index (χ3v) is 4.17. The molecule has 1 aliphatic rings. The molecule has 120 valence electrons. The van der Waals surface area contributed by atoms with Gasteiger partial charge in [-0.05, 0) is 44.2 Å². The van der Waals surface area contributed by atoms with Gasteiger partial charge in [-0.2, -0.15) is 0 Å². The molecule has 2 amide bonds. The number of guanidine groups is 1. The van der Waals surface area contributed by atoms with Crippen LogP contribution in [0.1, 0.15) is 30.4 Å². The lowest BCUT2D eigenvalue weighted by molar-refractivity contribution is 0.249. The summed E-state index contributed by atoms with van der Waals surface area (Å²) in [5.74, 6) is 0.669. The van der Waals surface area contributed by atoms with E-state index in [1.54, 1.807) is 19.0 Å². The predicted molar refractivity (Wildman–Crippen MR) is 91.6 cm³/mol. The van der Waals surface area contributed by atoms with E-state index >= 15 is 0 Å². The number of para-hydroxylation sites is 1. The minimum absolute atomic E-state index is 0.149. The quantitative estimate of drug-likeness (QED) is 0.640. The van der Waals surface area contributed by atoms with E-state index in [2.05, 4.69) is 15.2 Å². The van der Waals surface area contributed by atoms with Gasteiger partial charge < -0.3 is 4.90 Å². The third-order valence-electron chi connectivity index (χ3n) is 4.17. The lowest BCUT2D eigenvalue weighted by atomic mass is 10.1. The molecule has 1 aliphatic heterocycles. The highest BCUT2D eigenvalue weighted by atomic mass is 16.2. The van der Waals surface area contributed by atoms with Crippen molar-refractivity contribution in [3.8, 4) is 0 Å². The third kappa shape index (κ3) is 3.59. The van der Waals surface area contributed by atoms with E-state index in [-0.39, 0.29) is 6.03 Å². The van der Waals surface area contributed by atoms with Crippen LogP contribution in [0.25, 0.3) is 0 Å². The van der Waals surface area contributed by atoms with Gasteiger partial charge in [0, 0.05) is 27.2 Å². The molecule has 1 aromatic rings. The second-order valence-electron chi connectivity index (χ2n) is 5.82. The topological polar surface area (TPSA) is 47.9 Å². The molecule has 1 aromatic carbocycles. The largest absolute Gasteiger partial charge is 0.343 e. The first kappa shape index (κ1) is 16.3. The van der Waals surface area contributed by atoms with Gasteiger partial charge >= 0.3 is 6.03 Å². The molecule has 0 bridgehead atoms. The zero-order valence-electron chi connectivity index (χ0n) is 14.0. The first-order valence-electron chi connectivity index (χ1n) is 7.87. The van der Waals surface area contributed by atoms with Crippen LogP contribution in [0.2, 0.25) is 0 Å². The Morgan fingerprint density at radius 2 is 1.77 bits per heavy atom. The molecular formula is C17H26N4O. The molecule has 1 N–H and O–H groups in total. The van der Waals surface area contributed by atoms with Crippen LogP contribution in [0, 0.1) is 13.8 Å². The van der Waals surface area contributed by atoms with Crippen LogP contribution in [0.5, 0.6) is 0 Å². The van der Waals surface area contributed by atoms with Crippen molar-refractivity contribution >= 4 is 17.7 Å². The van der Waals surface area contributed by atoms with Crippen LogP contribution in [-0.4, -0.2) is 44.1 Å². The number of piperidine rings is 1. The van der Waals surface area contributed by atoms with Crippen molar-refractivity contribution < 1.29 is 4.79 Å². The van der Waals surface area contributed by atoms with Gasteiger partial charge in [-0.15, -0.1) is 0 Å². The Bertz CT molecular complexity index is 542. The average molecular weight is 302 g/mol. The summed E-state index contributed by atoms with van der Waals surface area (Å²) >= 11 is 0. The monoisotopic (exact) mass is 302 g/mol. The highest BCUT2D eigenvalue weighted by molar-refractivity contribution is 6.04. The van der Waals surface area contributed by atoms with E-state index in [9.17, 15) is 4.79 Å². The first-order valence-corrected chi connectivity index (χ1v) is 7.87. The van der Waals surface area contributed by atoms with Crippen LogP contribution in [0.4, 0.5) is 10.5 Å². The normalized spacial score (nSPS) is 15.6. The number of urea groups is 1. The Hall–Kier alpha value is -2.04. The van der Waals surface area contributed by atoms with E-state index in [4.69, 9.17) is 0 Å². The number of aryl methyl sites for hydroxylation is 2. The lowest BCUT2D eigenvalue weighted by Gasteiger charge is -2.31. The highest BCUT2D eigenvalue weighted by Crippen LogP contribution is 2.23. The minimum atomic E-state index is -0.149. The van der Waals surface area contributed by atoms with E-state index < -0.39 is 0 Å². The van der Waals surface area contributed by atoms with Gasteiger partial charge in [0.1, 0.15) is 0 Å². The second kappa shape index (κ2) is 7.29. The fourth-order valence-corrected chi connectivity index (χ4v) is 3.00. The molecule has 22 heavy (non-hydrogen) atoms. The molecule has 1 fully saturated rings. The van der Waals surface area contributed by atoms with E-state index in [0.717, 1.165) is 42.7 Å². The summed E-state index contributed by atoms with van der Waals surface area (Å²) in [4.78, 5) is 20.6. The number of nitrogens with zero attached hydrogens (tertiary/aromatic N) is 3. The number of aliphatic imine (C=N–C) groups is 1. The van der Waals surface area contributed by atoms with E-state index in [0.29, 0.717) is 5.96 Å². The predicted octanol–water partition coefficient (Wildman–Crippen LogP) is 2.92. The Morgan fingerprint density at radius 1 is 1.18 bits per heavy atom. The number of carbonyl (C=O) groups excluding carboxylic acids is 1. The summed E-state index contributed by atoms with van der Waals surface area (Å²) in [6.45, 7) is 5.96. The highest BCUT2D eigenvalue weighted by Gasteiger charge is 2.20. The molecule has 5 nitrogen and oxygen atoms in total. The summed E-state index contributed by atoms with van der Waals surface area (Å²) in [6.07, 6.45) is 3.56. The number of hydrogen-bond donors (Lipinski definition) is 1. The molecule has 0 spiro atoms. The zero-order chi connectivity index (χ0) is 16.1. The number of benzene rings is 1. The number of carbonyl (C=O) groups is 1. The Morgan fingerprint density at radius 3 is 2.32 bits per heavy atom. The fraction of sp³-hybridized carbons (Fsp3) is 0.529. The Labute approximate surface area is 133 Å². The van der Waals surface area contributed by atoms with Gasteiger partial charge in [0.2, 0.25) is 5.96 Å². The molecule has 0 saturated carbocycles. The average Bonchev–Trinajstić information content (AvgIpc) is 2.52. The summed E-state index contributed by atoms with van der Waals surface area (Å²) in [7, 11) is 3.53. The van der Waals surface area contributed by atoms with Crippen molar-refractivity contribution in [2.75, 3.05) is 32.1 Å². The van der Waals surface area contributed by atoms with Crippen molar-refractivity contribution in [1.82, 2.24) is 10.2 Å². The molecule has 0 unspecified atom stereocenters. The molecule has 1 heterocycles. The van der Waals surface area contributed by atoms with E-state index in [1.807, 2.05) is 32.0 Å². The second-order valence-corrected chi connectivity index (χ2v) is 5.82. The van der Waals surface area contributed by atoms with Gasteiger partial charge in [0.25, 0.3) is 0 Å². The standard InChI is InChI=1S/C17H26N4O/c1-13-9-8-10-14(2)15(13)20(4)17(22)19-16(18-3)21-11-6-5-7-12-21/h8-10H,5-7,11-12H2,1-4H3,(H,18,19,22). The van der Waals surface area contributed by atoms with Gasteiger partial charge in [0.15, 0.2) is 0 Å². The maximum atomic E-state index is 12.6. The molecule has 1 saturated heterocycles. The summed E-state index contributed by atoms with van der Waals surface area (Å²) in [6, 6.07) is 5.90. The molecular weight excluding hydrogens is 276 g/mol. The summed E-state index contributed by atoms with van der Waals surface area (Å²) in [5, 5.41) is 2.95. The molecule has 0 atom stereocenters. The molecule has 0 radical (unpaired) electrons. The number of nitrogens with one attached hydrogen (secondary N) is 1. The summed E-state index contributed by atoms with van der Waals surface area (Å²) in [5.41, 5.74) is 3.13. The maximum Gasteiger partial charge on any atom is 0.328 e. The molecule has 0 aliphatic carbocycles. The van der Waals surface area contributed by atoms with Crippen molar-refractivity contribution in [3.63, 3.8) is 0 Å². The number of amides is 2. The van der Waals surface area contributed by atoms with Gasteiger partial charge in [-0.3, -0.25) is 15.2 Å². The SMILES string of the molecule is CN=C(NC(=O)N(C)c1c(C)cccc1C)N1CCCCC1. The van der Waals surface area contributed by atoms with Crippen molar-refractivity contribution in [2.45, 2.75) is 33.1 Å². The van der Waals surface area contributed by atoms with Crippen molar-refractivity contribution in [2.24, 2.45) is 4.99 Å². The van der Waals surface area contributed by atoms with Crippen LogP contribution in [-0.2, 0) is 0 Å². The molecule has 0 aromatic heterocycles. The number of likely N-dealkylation sites (tertiary alicyclic amines) is 1. The van der Waals surface area contributed by atoms with Crippen LogP contribution in [0.15, 0.2) is 23.2 Å². The minimum Gasteiger partial charge on any atom is -0.343 e. The van der Waals surface area contributed by atoms with E-state index in [1.165, 1.54) is 6.42 Å². The van der Waals surface area contributed by atoms with Gasteiger partial charge in [-0.1, -0.05) is 18.2 Å². The summed E-state index contributed by atoms with van der Waals surface area (Å²) < 4.78 is 0. The smallest absolute Gasteiger partial charge is 0.328 e. The molecule has 2 rings (SSSR count). The van der Waals surface area contributed by atoms with Crippen LogP contribution in [0.3, 0.4) is 0 Å². The van der Waals surface area contributed by atoms with Crippen molar-refractivity contribution in [3.05, 3.63) is 29.3 Å². The zero-order valence-corrected chi connectivity index (χ0v) is 14.0. The molecule has 5 heteroatoms.